The van der Waals surface area contributed by atoms with E-state index in [-0.39, 0.29) is 5.91 Å². The van der Waals surface area contributed by atoms with Gasteiger partial charge in [0.05, 0.1) is 11.2 Å². The molecule has 0 spiro atoms. The molecule has 30 heavy (non-hydrogen) atoms. The number of amides is 1. The first-order chi connectivity index (χ1) is 14.4. The van der Waals surface area contributed by atoms with Crippen LogP contribution in [0.2, 0.25) is 0 Å². The Hall–Kier alpha value is -3.23. The summed E-state index contributed by atoms with van der Waals surface area (Å²) in [5.74, 6) is -0.207. The molecule has 2 aromatic heterocycles. The minimum atomic E-state index is -0.894. The zero-order chi connectivity index (χ0) is 21.1. The van der Waals surface area contributed by atoms with Crippen molar-refractivity contribution in [2.24, 2.45) is 0 Å². The monoisotopic (exact) mass is 420 g/mol. The summed E-state index contributed by atoms with van der Waals surface area (Å²) in [6.07, 6.45) is 1.66. The number of pyridine rings is 1. The summed E-state index contributed by atoms with van der Waals surface area (Å²) < 4.78 is 4.73. The van der Waals surface area contributed by atoms with Crippen molar-refractivity contribution >= 4 is 28.7 Å². The lowest BCUT2D eigenvalue weighted by Crippen LogP contribution is -2.23. The van der Waals surface area contributed by atoms with Gasteiger partial charge >= 0.3 is 0 Å². The zero-order valence-electron chi connectivity index (χ0n) is 16.5. The van der Waals surface area contributed by atoms with Gasteiger partial charge < -0.3 is 10.4 Å². The van der Waals surface area contributed by atoms with Gasteiger partial charge in [-0.25, -0.2) is 9.61 Å². The van der Waals surface area contributed by atoms with E-state index in [1.807, 2.05) is 42.5 Å². The number of hydrogen-bond donors (Lipinski definition) is 2. The second-order valence-electron chi connectivity index (χ2n) is 7.31. The smallest absolute Gasteiger partial charge is 0.254 e. The number of carbonyl (C=O) groups is 1. The van der Waals surface area contributed by atoms with E-state index in [2.05, 4.69) is 20.6 Å². The average molecular weight is 420 g/mol. The third kappa shape index (κ3) is 4.50. The summed E-state index contributed by atoms with van der Waals surface area (Å²) in [5.41, 5.74) is 2.69. The van der Waals surface area contributed by atoms with Crippen LogP contribution < -0.4 is 5.32 Å². The molecule has 152 valence electrons. The van der Waals surface area contributed by atoms with E-state index in [1.54, 1.807) is 32.2 Å². The molecule has 0 bridgehead atoms. The Balaban J connectivity index is 1.46. The van der Waals surface area contributed by atoms with Gasteiger partial charge in [0, 0.05) is 17.6 Å². The summed E-state index contributed by atoms with van der Waals surface area (Å²) >= 11 is 1.38. The number of fused-ring (bicyclic) bond motifs is 1. The van der Waals surface area contributed by atoms with Crippen LogP contribution in [0.3, 0.4) is 0 Å². The Morgan fingerprint density at radius 3 is 2.63 bits per heavy atom. The average Bonchev–Trinajstić information content (AvgIpc) is 3.20. The van der Waals surface area contributed by atoms with E-state index in [0.717, 1.165) is 16.0 Å². The molecule has 2 N–H and O–H groups in total. The Labute approximate surface area is 177 Å². The number of nitrogens with zero attached hydrogens (tertiary/aromatic N) is 3. The molecule has 4 aromatic rings. The molecule has 0 aliphatic rings. The molecule has 2 heterocycles. The number of nitrogens with one attached hydrogen (secondary N) is 1. The molecule has 0 saturated carbocycles. The van der Waals surface area contributed by atoms with Crippen LogP contribution in [-0.2, 0) is 12.1 Å². The Bertz CT molecular complexity index is 1180. The molecule has 0 aliphatic carbocycles. The second-order valence-corrected chi connectivity index (χ2v) is 8.37. The van der Waals surface area contributed by atoms with Gasteiger partial charge in [0.2, 0.25) is 0 Å². The van der Waals surface area contributed by atoms with Crippen LogP contribution >= 0.6 is 11.8 Å². The fraction of sp³-hybridized carbons (Fsp3) is 0.182. The van der Waals surface area contributed by atoms with Crippen molar-refractivity contribution in [2.75, 3.05) is 0 Å². The summed E-state index contributed by atoms with van der Waals surface area (Å²) in [5, 5.41) is 21.2. The number of benzene rings is 2. The Morgan fingerprint density at radius 1 is 1.10 bits per heavy atom. The number of aliphatic hydroxyl groups is 1. The highest BCUT2D eigenvalue weighted by Gasteiger charge is 2.16. The van der Waals surface area contributed by atoms with Gasteiger partial charge in [0.1, 0.15) is 16.1 Å². The molecular formula is C22H20N4O3S. The third-order valence-corrected chi connectivity index (χ3v) is 5.58. The number of aromatic nitrogens is 3. The third-order valence-electron chi connectivity index (χ3n) is 4.57. The van der Waals surface area contributed by atoms with Crippen molar-refractivity contribution in [3.63, 3.8) is 0 Å². The molecule has 7 nitrogen and oxygen atoms in total. The van der Waals surface area contributed by atoms with Crippen molar-refractivity contribution in [2.45, 2.75) is 35.9 Å². The van der Waals surface area contributed by atoms with Gasteiger partial charge in [-0.1, -0.05) is 36.0 Å². The van der Waals surface area contributed by atoms with E-state index in [9.17, 15) is 9.90 Å². The molecular weight excluding hydrogens is 400 g/mol. The zero-order valence-corrected chi connectivity index (χ0v) is 17.3. The highest BCUT2D eigenvalue weighted by molar-refractivity contribution is 7.99. The van der Waals surface area contributed by atoms with E-state index < -0.39 is 5.60 Å². The normalized spacial score (nSPS) is 11.6. The van der Waals surface area contributed by atoms with Gasteiger partial charge in [0.15, 0.2) is 0 Å². The first kappa shape index (κ1) is 20.1. The van der Waals surface area contributed by atoms with Gasteiger partial charge in [-0.2, -0.15) is 0 Å². The Morgan fingerprint density at radius 2 is 1.87 bits per heavy atom. The van der Waals surface area contributed by atoms with E-state index >= 15 is 0 Å². The van der Waals surface area contributed by atoms with Crippen molar-refractivity contribution in [1.29, 1.82) is 0 Å². The standard InChI is InChI=1S/C22H20N4O3S/c1-22(2,28)15-7-5-14(6-8-15)13-24-20(27)17-4-3-11-23-21(17)30-16-9-10-18-19(12-16)26-29-25-18/h3-12,28H,13H2,1-2H3,(H,24,27). The number of rotatable bonds is 6. The predicted octanol–water partition coefficient (Wildman–Crippen LogP) is 3.93. The molecule has 0 radical (unpaired) electrons. The van der Waals surface area contributed by atoms with Gasteiger partial charge in [-0.3, -0.25) is 4.79 Å². The highest BCUT2D eigenvalue weighted by atomic mass is 32.2. The summed E-state index contributed by atoms with van der Waals surface area (Å²) in [6, 6.07) is 16.5. The molecule has 8 heteroatoms. The number of carbonyl (C=O) groups excluding carboxylic acids is 1. The van der Waals surface area contributed by atoms with Gasteiger partial charge in [-0.05, 0) is 65.6 Å². The molecule has 2 aromatic carbocycles. The van der Waals surface area contributed by atoms with Crippen LogP contribution in [0.5, 0.6) is 0 Å². The lowest BCUT2D eigenvalue weighted by atomic mass is 9.97. The fourth-order valence-corrected chi connectivity index (χ4v) is 3.80. The minimum absolute atomic E-state index is 0.207. The topological polar surface area (TPSA) is 101 Å². The van der Waals surface area contributed by atoms with Crippen LogP contribution in [0.4, 0.5) is 0 Å². The SMILES string of the molecule is CC(C)(O)c1ccc(CNC(=O)c2cccnc2Sc2ccc3nonc3c2)cc1. The molecule has 4 rings (SSSR count). The fourth-order valence-electron chi connectivity index (χ4n) is 2.89. The first-order valence-electron chi connectivity index (χ1n) is 9.35. The molecule has 0 fully saturated rings. The molecule has 0 aliphatic heterocycles. The van der Waals surface area contributed by atoms with Crippen molar-refractivity contribution in [1.82, 2.24) is 20.6 Å². The van der Waals surface area contributed by atoms with Crippen LogP contribution in [0.25, 0.3) is 11.0 Å². The summed E-state index contributed by atoms with van der Waals surface area (Å²) in [6.45, 7) is 3.85. The van der Waals surface area contributed by atoms with Crippen LogP contribution in [-0.4, -0.2) is 26.3 Å². The summed E-state index contributed by atoms with van der Waals surface area (Å²) in [4.78, 5) is 18.0. The molecule has 0 unspecified atom stereocenters. The number of hydrogen-bond acceptors (Lipinski definition) is 7. The van der Waals surface area contributed by atoms with Crippen molar-refractivity contribution in [3.8, 4) is 0 Å². The molecule has 1 amide bonds. The highest BCUT2D eigenvalue weighted by Crippen LogP contribution is 2.30. The largest absolute Gasteiger partial charge is 0.386 e. The second kappa shape index (κ2) is 8.25. The minimum Gasteiger partial charge on any atom is -0.386 e. The van der Waals surface area contributed by atoms with E-state index in [4.69, 9.17) is 4.63 Å². The van der Waals surface area contributed by atoms with Gasteiger partial charge in [-0.15, -0.1) is 0 Å². The maximum atomic E-state index is 12.8. The van der Waals surface area contributed by atoms with Crippen molar-refractivity contribution < 1.29 is 14.5 Å². The summed E-state index contributed by atoms with van der Waals surface area (Å²) in [7, 11) is 0. The lowest BCUT2D eigenvalue weighted by Gasteiger charge is -2.18. The van der Waals surface area contributed by atoms with Crippen molar-refractivity contribution in [3.05, 3.63) is 77.5 Å². The lowest BCUT2D eigenvalue weighted by molar-refractivity contribution is 0.0785. The van der Waals surface area contributed by atoms with Gasteiger partial charge in [0.25, 0.3) is 5.91 Å². The quantitative estimate of drug-likeness (QED) is 0.487. The predicted molar refractivity (Wildman–Crippen MR) is 113 cm³/mol. The first-order valence-corrected chi connectivity index (χ1v) is 10.2. The van der Waals surface area contributed by atoms with Crippen LogP contribution in [0, 0.1) is 0 Å². The molecule has 0 atom stereocenters. The maximum absolute atomic E-state index is 12.8. The van der Waals surface area contributed by atoms with Crippen LogP contribution in [0.1, 0.15) is 35.3 Å². The molecule has 0 saturated heterocycles. The Kier molecular flexibility index (Phi) is 5.52. The van der Waals surface area contributed by atoms with E-state index in [0.29, 0.717) is 28.2 Å². The van der Waals surface area contributed by atoms with Crippen LogP contribution in [0.15, 0.2) is 75.3 Å². The van der Waals surface area contributed by atoms with E-state index in [1.165, 1.54) is 11.8 Å². The maximum Gasteiger partial charge on any atom is 0.254 e.